The molecule has 2 amide bonds. The van der Waals surface area contributed by atoms with E-state index >= 15 is 0 Å². The second-order valence-corrected chi connectivity index (χ2v) is 6.43. The Kier molecular flexibility index (Phi) is 5.69. The number of anilines is 1. The van der Waals surface area contributed by atoms with Crippen molar-refractivity contribution in [2.24, 2.45) is 10.2 Å². The van der Waals surface area contributed by atoms with Crippen LogP contribution in [-0.4, -0.2) is 35.6 Å². The number of rotatable bonds is 6. The summed E-state index contributed by atoms with van der Waals surface area (Å²) >= 11 is 1.17. The number of benzene rings is 1. The Morgan fingerprint density at radius 2 is 2.19 bits per heavy atom. The summed E-state index contributed by atoms with van der Waals surface area (Å²) in [5, 5.41) is 12.9. The van der Waals surface area contributed by atoms with Gasteiger partial charge in [-0.1, -0.05) is 11.8 Å². The summed E-state index contributed by atoms with van der Waals surface area (Å²) in [5.41, 5.74) is 0.635. The third-order valence-electron chi connectivity index (χ3n) is 3.40. The molecular weight excluding hydrogens is 356 g/mol. The highest BCUT2D eigenvalue weighted by molar-refractivity contribution is 8.15. The first kappa shape index (κ1) is 17.7. The van der Waals surface area contributed by atoms with Gasteiger partial charge >= 0.3 is 0 Å². The van der Waals surface area contributed by atoms with Crippen molar-refractivity contribution >= 4 is 40.6 Å². The summed E-state index contributed by atoms with van der Waals surface area (Å²) in [5.74, 6) is 0.721. The second-order valence-electron chi connectivity index (χ2n) is 5.24. The van der Waals surface area contributed by atoms with Crippen LogP contribution in [0, 0.1) is 0 Å². The van der Waals surface area contributed by atoms with Crippen molar-refractivity contribution in [2.45, 2.75) is 11.7 Å². The molecule has 9 heteroatoms. The molecule has 2 N–H and O–H groups in total. The highest BCUT2D eigenvalue weighted by atomic mass is 32.2. The van der Waals surface area contributed by atoms with Crippen LogP contribution in [-0.2, 0) is 9.59 Å². The first-order valence-electron chi connectivity index (χ1n) is 7.70. The van der Waals surface area contributed by atoms with Gasteiger partial charge in [0.05, 0.1) is 19.6 Å². The van der Waals surface area contributed by atoms with E-state index in [9.17, 15) is 9.59 Å². The molecule has 8 nitrogen and oxygen atoms in total. The number of ether oxygens (including phenoxy) is 1. The molecule has 1 aromatic carbocycles. The molecule has 1 saturated heterocycles. The number of nitrogens with one attached hydrogen (secondary N) is 2. The lowest BCUT2D eigenvalue weighted by molar-refractivity contribution is -0.122. The highest BCUT2D eigenvalue weighted by Gasteiger charge is 2.32. The SMILES string of the molecule is COc1ccc(NC(=O)C[C@H]2S/C(=N\N=C/c3ccco3)NC2=O)cc1. The predicted octanol–water partition coefficient (Wildman–Crippen LogP) is 2.24. The van der Waals surface area contributed by atoms with E-state index in [1.54, 1.807) is 43.5 Å². The number of carbonyl (C=O) groups excluding carboxylic acids is 2. The van der Waals surface area contributed by atoms with Gasteiger partial charge in [0.2, 0.25) is 11.8 Å². The van der Waals surface area contributed by atoms with Crippen LogP contribution in [0.1, 0.15) is 12.2 Å². The summed E-state index contributed by atoms with van der Waals surface area (Å²) in [6.07, 6.45) is 2.99. The van der Waals surface area contributed by atoms with E-state index in [0.717, 1.165) is 0 Å². The molecule has 1 aromatic heterocycles. The van der Waals surface area contributed by atoms with Crippen molar-refractivity contribution in [1.29, 1.82) is 0 Å². The lowest BCUT2D eigenvalue weighted by atomic mass is 10.2. The normalized spacial score (nSPS) is 18.3. The number of amidine groups is 1. The average molecular weight is 372 g/mol. The van der Waals surface area contributed by atoms with E-state index < -0.39 is 5.25 Å². The van der Waals surface area contributed by atoms with Crippen molar-refractivity contribution in [2.75, 3.05) is 12.4 Å². The van der Waals surface area contributed by atoms with Gasteiger partial charge in [-0.3, -0.25) is 9.59 Å². The Hall–Kier alpha value is -3.07. The fraction of sp³-hybridized carbons (Fsp3) is 0.176. The van der Waals surface area contributed by atoms with Crippen molar-refractivity contribution in [3.63, 3.8) is 0 Å². The zero-order valence-corrected chi connectivity index (χ0v) is 14.7. The molecule has 0 saturated carbocycles. The molecule has 1 aliphatic heterocycles. The number of thioether (sulfide) groups is 1. The van der Waals surface area contributed by atoms with Crippen LogP contribution < -0.4 is 15.4 Å². The van der Waals surface area contributed by atoms with Gasteiger partial charge in [-0.25, -0.2) is 0 Å². The van der Waals surface area contributed by atoms with Crippen LogP contribution in [0.5, 0.6) is 5.75 Å². The van der Waals surface area contributed by atoms with Gasteiger partial charge in [0, 0.05) is 12.1 Å². The quantitative estimate of drug-likeness (QED) is 0.598. The van der Waals surface area contributed by atoms with Crippen LogP contribution >= 0.6 is 11.8 Å². The molecule has 1 aliphatic rings. The minimum atomic E-state index is -0.550. The number of amides is 2. The van der Waals surface area contributed by atoms with Crippen LogP contribution in [0.3, 0.4) is 0 Å². The monoisotopic (exact) mass is 372 g/mol. The maximum atomic E-state index is 12.1. The molecule has 0 spiro atoms. The van der Waals surface area contributed by atoms with Gasteiger partial charge < -0.3 is 19.8 Å². The number of methoxy groups -OCH3 is 1. The molecule has 3 rings (SSSR count). The van der Waals surface area contributed by atoms with Crippen molar-refractivity contribution in [3.05, 3.63) is 48.4 Å². The fourth-order valence-corrected chi connectivity index (χ4v) is 3.07. The minimum Gasteiger partial charge on any atom is -0.497 e. The molecule has 1 atom stereocenters. The standard InChI is InChI=1S/C17H16N4O4S/c1-24-12-6-4-11(5-7-12)19-15(22)9-14-16(23)20-17(26-14)21-18-10-13-3-2-8-25-13/h2-8,10,14H,9H2,1H3,(H,19,22)(H,20,21,23)/b18-10-/t14-/m1/s1. The van der Waals surface area contributed by atoms with Gasteiger partial charge in [0.25, 0.3) is 0 Å². The van der Waals surface area contributed by atoms with E-state index in [1.165, 1.54) is 24.2 Å². The maximum Gasteiger partial charge on any atom is 0.240 e. The van der Waals surface area contributed by atoms with Crippen molar-refractivity contribution in [1.82, 2.24) is 5.32 Å². The molecule has 0 aliphatic carbocycles. The fourth-order valence-electron chi connectivity index (χ4n) is 2.14. The molecule has 2 heterocycles. The lowest BCUT2D eigenvalue weighted by Crippen LogP contribution is -2.28. The maximum absolute atomic E-state index is 12.1. The Morgan fingerprint density at radius 3 is 2.88 bits per heavy atom. The van der Waals surface area contributed by atoms with Crippen LogP contribution in [0.2, 0.25) is 0 Å². The number of hydrogen-bond acceptors (Lipinski definition) is 7. The molecule has 26 heavy (non-hydrogen) atoms. The number of nitrogens with zero attached hydrogens (tertiary/aromatic N) is 2. The van der Waals surface area contributed by atoms with Crippen LogP contribution in [0.15, 0.2) is 57.3 Å². The predicted molar refractivity (Wildman–Crippen MR) is 99.5 cm³/mol. The Bertz CT molecular complexity index is 831. The first-order chi connectivity index (χ1) is 12.6. The molecule has 0 bridgehead atoms. The van der Waals surface area contributed by atoms with Crippen LogP contribution in [0.4, 0.5) is 5.69 Å². The largest absolute Gasteiger partial charge is 0.497 e. The smallest absolute Gasteiger partial charge is 0.240 e. The van der Waals surface area contributed by atoms with Crippen molar-refractivity contribution < 1.29 is 18.7 Å². The Labute approximate surface area is 153 Å². The summed E-state index contributed by atoms with van der Waals surface area (Å²) in [6, 6.07) is 10.4. The van der Waals surface area contributed by atoms with Gasteiger partial charge in [-0.15, -0.1) is 5.10 Å². The third-order valence-corrected chi connectivity index (χ3v) is 4.47. The molecule has 134 valence electrons. The van der Waals surface area contributed by atoms with Gasteiger partial charge in [-0.2, -0.15) is 5.10 Å². The van der Waals surface area contributed by atoms with Gasteiger partial charge in [0.15, 0.2) is 5.17 Å². The number of hydrogen-bond donors (Lipinski definition) is 2. The summed E-state index contributed by atoms with van der Waals surface area (Å²) < 4.78 is 10.2. The zero-order chi connectivity index (χ0) is 18.4. The number of carbonyl (C=O) groups is 2. The molecule has 0 unspecified atom stereocenters. The van der Waals surface area contributed by atoms with Crippen molar-refractivity contribution in [3.8, 4) is 5.75 Å². The van der Waals surface area contributed by atoms with Crippen LogP contribution in [0.25, 0.3) is 0 Å². The second kappa shape index (κ2) is 8.34. The summed E-state index contributed by atoms with van der Waals surface area (Å²) in [6.45, 7) is 0. The zero-order valence-electron chi connectivity index (χ0n) is 13.8. The summed E-state index contributed by atoms with van der Waals surface area (Å²) in [7, 11) is 1.57. The topological polar surface area (TPSA) is 105 Å². The Balaban J connectivity index is 1.52. The molecule has 1 fully saturated rings. The summed E-state index contributed by atoms with van der Waals surface area (Å²) in [4.78, 5) is 24.1. The lowest BCUT2D eigenvalue weighted by Gasteiger charge is -2.08. The van der Waals surface area contributed by atoms with E-state index in [1.807, 2.05) is 0 Å². The Morgan fingerprint density at radius 1 is 1.38 bits per heavy atom. The number of furan rings is 1. The molecule has 0 radical (unpaired) electrons. The van der Waals surface area contributed by atoms with E-state index in [4.69, 9.17) is 9.15 Å². The molecular formula is C17H16N4O4S. The van der Waals surface area contributed by atoms with E-state index in [0.29, 0.717) is 22.4 Å². The molecule has 2 aromatic rings. The average Bonchev–Trinajstić information content (AvgIpc) is 3.26. The highest BCUT2D eigenvalue weighted by Crippen LogP contribution is 2.23. The van der Waals surface area contributed by atoms with Gasteiger partial charge in [0.1, 0.15) is 16.8 Å². The third kappa shape index (κ3) is 4.73. The van der Waals surface area contributed by atoms with E-state index in [-0.39, 0.29) is 18.2 Å². The van der Waals surface area contributed by atoms with E-state index in [2.05, 4.69) is 20.8 Å². The minimum absolute atomic E-state index is 0.0312. The van der Waals surface area contributed by atoms with Gasteiger partial charge in [-0.05, 0) is 36.4 Å². The first-order valence-corrected chi connectivity index (χ1v) is 8.58.